The number of benzene rings is 2. The number of pyridine rings is 1. The summed E-state index contributed by atoms with van der Waals surface area (Å²) in [6, 6.07) is 17.5. The predicted molar refractivity (Wildman–Crippen MR) is 167 cm³/mol. The number of hydrogen-bond donors (Lipinski definition) is 1. The topological polar surface area (TPSA) is 120 Å². The Morgan fingerprint density at radius 1 is 0.886 bits per heavy atom. The van der Waals surface area contributed by atoms with E-state index >= 15 is 0 Å². The van der Waals surface area contributed by atoms with Crippen molar-refractivity contribution in [3.05, 3.63) is 101 Å². The lowest BCUT2D eigenvalue weighted by molar-refractivity contribution is -0.123. The SMILES string of the molecule is Cc1ccc(C)c(CN2CCC3(CC2)C(=O)N(c2ccc(-c4ccc(C(=O)O)cc4C)cc2)C(=O)N3c2ccnc(C)n2)n1. The summed E-state index contributed by atoms with van der Waals surface area (Å²) in [6.45, 7) is 9.57. The van der Waals surface area contributed by atoms with Crippen LogP contribution in [-0.4, -0.2) is 61.5 Å². The summed E-state index contributed by atoms with van der Waals surface area (Å²) in [5, 5.41) is 9.32. The van der Waals surface area contributed by atoms with E-state index in [4.69, 9.17) is 4.98 Å². The van der Waals surface area contributed by atoms with E-state index < -0.39 is 17.5 Å². The van der Waals surface area contributed by atoms with Crippen molar-refractivity contribution in [2.75, 3.05) is 22.9 Å². The third-order valence-electron chi connectivity index (χ3n) is 8.71. The standard InChI is InChI=1S/C34H34N6O4/c1-21-5-6-23(3)36-29(21)20-38-17-14-34(15-18-38)32(43)39(33(44)40(34)30-13-16-35-24(4)37-30)27-10-7-25(8-11-27)28-12-9-26(31(41)42)19-22(28)2/h5-13,16,19H,14-15,17-18,20H2,1-4H3,(H,41,42). The van der Waals surface area contributed by atoms with Gasteiger partial charge in [0.15, 0.2) is 0 Å². The third-order valence-corrected chi connectivity index (χ3v) is 8.71. The Morgan fingerprint density at radius 3 is 2.27 bits per heavy atom. The van der Waals surface area contributed by atoms with E-state index in [1.165, 1.54) is 4.90 Å². The number of aromatic carboxylic acids is 1. The van der Waals surface area contributed by atoms with Gasteiger partial charge in [0.05, 0.1) is 16.9 Å². The molecular weight excluding hydrogens is 556 g/mol. The number of imide groups is 1. The first-order valence-corrected chi connectivity index (χ1v) is 14.7. The van der Waals surface area contributed by atoms with Crippen molar-refractivity contribution in [3.8, 4) is 11.1 Å². The fourth-order valence-corrected chi connectivity index (χ4v) is 6.27. The van der Waals surface area contributed by atoms with E-state index in [-0.39, 0.29) is 11.5 Å². The summed E-state index contributed by atoms with van der Waals surface area (Å²) < 4.78 is 0. The molecule has 1 N–H and O–H groups in total. The second-order valence-corrected chi connectivity index (χ2v) is 11.6. The number of carbonyl (C=O) groups is 3. The molecule has 3 amide bonds. The van der Waals surface area contributed by atoms with E-state index in [1.807, 2.05) is 32.0 Å². The van der Waals surface area contributed by atoms with Gasteiger partial charge < -0.3 is 5.11 Å². The van der Waals surface area contributed by atoms with Gasteiger partial charge in [0.25, 0.3) is 5.91 Å². The largest absolute Gasteiger partial charge is 0.478 e. The maximum atomic E-state index is 14.4. The van der Waals surface area contributed by atoms with Crippen molar-refractivity contribution in [2.24, 2.45) is 0 Å². The minimum atomic E-state index is -1.08. The molecule has 1 spiro atoms. The van der Waals surface area contributed by atoms with E-state index in [1.54, 1.807) is 54.4 Å². The lowest BCUT2D eigenvalue weighted by atomic mass is 9.85. The second-order valence-electron chi connectivity index (χ2n) is 11.6. The van der Waals surface area contributed by atoms with Crippen molar-refractivity contribution in [2.45, 2.75) is 52.6 Å². The molecular formula is C34H34N6O4. The molecule has 2 fully saturated rings. The molecule has 0 atom stereocenters. The van der Waals surface area contributed by atoms with Crippen LogP contribution in [0.1, 0.15) is 51.5 Å². The van der Waals surface area contributed by atoms with Gasteiger partial charge in [-0.1, -0.05) is 24.3 Å². The van der Waals surface area contributed by atoms with Gasteiger partial charge in [-0.25, -0.2) is 24.5 Å². The summed E-state index contributed by atoms with van der Waals surface area (Å²) in [5.41, 5.74) is 5.28. The Hall–Kier alpha value is -4.96. The van der Waals surface area contributed by atoms with Crippen molar-refractivity contribution >= 4 is 29.4 Å². The minimum absolute atomic E-state index is 0.220. The molecule has 2 saturated heterocycles. The molecule has 0 bridgehead atoms. The number of rotatable bonds is 6. The highest BCUT2D eigenvalue weighted by atomic mass is 16.4. The monoisotopic (exact) mass is 590 g/mol. The van der Waals surface area contributed by atoms with Crippen LogP contribution in [0.25, 0.3) is 11.1 Å². The molecule has 0 unspecified atom stereocenters. The molecule has 4 heterocycles. The van der Waals surface area contributed by atoms with Gasteiger partial charge in [0.1, 0.15) is 17.2 Å². The number of carboxylic acids is 1. The average molecular weight is 591 g/mol. The predicted octanol–water partition coefficient (Wildman–Crippen LogP) is 5.48. The highest BCUT2D eigenvalue weighted by Crippen LogP contribution is 2.42. The molecule has 6 rings (SSSR count). The number of carbonyl (C=O) groups excluding carboxylic acids is 2. The van der Waals surface area contributed by atoms with E-state index in [2.05, 4.69) is 27.9 Å². The molecule has 10 nitrogen and oxygen atoms in total. The second kappa shape index (κ2) is 11.3. The molecule has 10 heteroatoms. The Morgan fingerprint density at radius 2 is 1.61 bits per heavy atom. The van der Waals surface area contributed by atoms with Crippen LogP contribution in [0.15, 0.2) is 66.9 Å². The van der Waals surface area contributed by atoms with Gasteiger partial charge in [-0.05, 0) is 99.2 Å². The first kappa shape index (κ1) is 29.1. The number of nitrogens with zero attached hydrogens (tertiary/aromatic N) is 6. The van der Waals surface area contributed by atoms with Crippen molar-refractivity contribution in [1.29, 1.82) is 0 Å². The lowest BCUT2D eigenvalue weighted by Gasteiger charge is -2.41. The number of anilines is 2. The number of piperidine rings is 1. The number of urea groups is 1. The molecule has 224 valence electrons. The quantitative estimate of drug-likeness (QED) is 0.293. The molecule has 2 aliphatic heterocycles. The molecule has 4 aromatic rings. The number of amides is 3. The van der Waals surface area contributed by atoms with Gasteiger partial charge in [0.2, 0.25) is 0 Å². The van der Waals surface area contributed by atoms with E-state index in [0.717, 1.165) is 33.6 Å². The summed E-state index contributed by atoms with van der Waals surface area (Å²) in [7, 11) is 0. The van der Waals surface area contributed by atoms with Crippen LogP contribution in [0, 0.1) is 27.7 Å². The van der Waals surface area contributed by atoms with Gasteiger partial charge in [-0.3, -0.25) is 19.6 Å². The van der Waals surface area contributed by atoms with Crippen molar-refractivity contribution < 1.29 is 19.5 Å². The zero-order chi connectivity index (χ0) is 31.2. The fourth-order valence-electron chi connectivity index (χ4n) is 6.27. The number of hydrogen-bond acceptors (Lipinski definition) is 7. The molecule has 2 aliphatic rings. The summed E-state index contributed by atoms with van der Waals surface area (Å²) >= 11 is 0. The number of aryl methyl sites for hydroxylation is 4. The first-order chi connectivity index (χ1) is 21.1. The zero-order valence-corrected chi connectivity index (χ0v) is 25.2. The van der Waals surface area contributed by atoms with Crippen LogP contribution in [0.2, 0.25) is 0 Å². The maximum Gasteiger partial charge on any atom is 0.338 e. The van der Waals surface area contributed by atoms with Gasteiger partial charge in [-0.2, -0.15) is 0 Å². The molecule has 0 aliphatic carbocycles. The first-order valence-electron chi connectivity index (χ1n) is 14.7. The van der Waals surface area contributed by atoms with E-state index in [0.29, 0.717) is 49.8 Å². The summed E-state index contributed by atoms with van der Waals surface area (Å²) in [5.74, 6) is -0.318. The minimum Gasteiger partial charge on any atom is -0.478 e. The van der Waals surface area contributed by atoms with Gasteiger partial charge in [-0.15, -0.1) is 0 Å². The Kier molecular flexibility index (Phi) is 7.46. The highest BCUT2D eigenvalue weighted by molar-refractivity contribution is 6.30. The highest BCUT2D eigenvalue weighted by Gasteiger charge is 2.59. The summed E-state index contributed by atoms with van der Waals surface area (Å²) in [4.78, 5) is 58.5. The van der Waals surface area contributed by atoms with Crippen LogP contribution in [0.3, 0.4) is 0 Å². The maximum absolute atomic E-state index is 14.4. The molecule has 2 aromatic heterocycles. The fraction of sp³-hybridized carbons (Fsp3) is 0.294. The number of aromatic nitrogens is 3. The third kappa shape index (κ3) is 5.11. The number of likely N-dealkylation sites (tertiary alicyclic amines) is 1. The Bertz CT molecular complexity index is 1780. The normalized spacial score (nSPS) is 16.6. The van der Waals surface area contributed by atoms with Crippen LogP contribution in [-0.2, 0) is 11.3 Å². The summed E-state index contributed by atoms with van der Waals surface area (Å²) in [6.07, 6.45) is 2.52. The smallest absolute Gasteiger partial charge is 0.338 e. The number of carboxylic acid groups (broad SMARTS) is 1. The lowest BCUT2D eigenvalue weighted by Crippen LogP contribution is -2.57. The molecule has 2 aromatic carbocycles. The van der Waals surface area contributed by atoms with E-state index in [9.17, 15) is 19.5 Å². The van der Waals surface area contributed by atoms with Crippen LogP contribution >= 0.6 is 0 Å². The van der Waals surface area contributed by atoms with Crippen LogP contribution in [0.5, 0.6) is 0 Å². The van der Waals surface area contributed by atoms with Crippen molar-refractivity contribution in [1.82, 2.24) is 19.9 Å². The van der Waals surface area contributed by atoms with Crippen molar-refractivity contribution in [3.63, 3.8) is 0 Å². The average Bonchev–Trinajstić information content (AvgIpc) is 3.21. The van der Waals surface area contributed by atoms with Gasteiger partial charge in [0, 0.05) is 31.5 Å². The van der Waals surface area contributed by atoms with Gasteiger partial charge >= 0.3 is 12.0 Å². The molecule has 0 saturated carbocycles. The molecule has 0 radical (unpaired) electrons. The Labute approximate surface area is 256 Å². The van der Waals surface area contributed by atoms with Crippen LogP contribution in [0.4, 0.5) is 16.3 Å². The Balaban J connectivity index is 1.31. The zero-order valence-electron chi connectivity index (χ0n) is 25.2. The van der Waals surface area contributed by atoms with Crippen LogP contribution < -0.4 is 9.80 Å². The molecule has 44 heavy (non-hydrogen) atoms.